The molecule has 0 saturated heterocycles. The van der Waals surface area contributed by atoms with Gasteiger partial charge in [-0.25, -0.2) is 4.72 Å². The number of rotatable bonds is 5. The molecule has 2 aromatic carbocycles. The van der Waals surface area contributed by atoms with Crippen LogP contribution < -0.4 is 4.72 Å². The number of nitrogens with zero attached hydrogens (tertiary/aromatic N) is 2. The molecular weight excluding hydrogens is 490 g/mol. The molecule has 0 radical (unpaired) electrons. The Balaban J connectivity index is 1.59. The zero-order valence-corrected chi connectivity index (χ0v) is 21.8. The van der Waals surface area contributed by atoms with Crippen LogP contribution in [-0.2, 0) is 21.5 Å². The summed E-state index contributed by atoms with van der Waals surface area (Å²) in [6.45, 7) is 0.321. The summed E-state index contributed by atoms with van der Waals surface area (Å²) in [7, 11) is -1.23. The Bertz CT molecular complexity index is 1550. The lowest BCUT2D eigenvalue weighted by molar-refractivity contribution is -0.144. The Morgan fingerprint density at radius 3 is 2.51 bits per heavy atom. The van der Waals surface area contributed by atoms with Crippen LogP contribution >= 0.6 is 0 Å². The molecule has 2 saturated carbocycles. The lowest BCUT2D eigenvalue weighted by atomic mass is 9.81. The van der Waals surface area contributed by atoms with Crippen molar-refractivity contribution in [2.45, 2.75) is 56.9 Å². The van der Waals surface area contributed by atoms with Crippen LogP contribution in [0.2, 0.25) is 0 Å². The van der Waals surface area contributed by atoms with Gasteiger partial charge in [0.15, 0.2) is 0 Å². The first-order valence-corrected chi connectivity index (χ1v) is 14.3. The van der Waals surface area contributed by atoms with Gasteiger partial charge >= 0.3 is 16.2 Å². The highest BCUT2D eigenvalue weighted by Crippen LogP contribution is 2.65. The van der Waals surface area contributed by atoms with Crippen LogP contribution in [0.5, 0.6) is 0 Å². The van der Waals surface area contributed by atoms with E-state index in [4.69, 9.17) is 0 Å². The van der Waals surface area contributed by atoms with Crippen molar-refractivity contribution in [3.05, 3.63) is 59.2 Å². The van der Waals surface area contributed by atoms with E-state index < -0.39 is 27.5 Å². The summed E-state index contributed by atoms with van der Waals surface area (Å²) >= 11 is 0. The van der Waals surface area contributed by atoms with Gasteiger partial charge in [0, 0.05) is 48.6 Å². The van der Waals surface area contributed by atoms with Crippen LogP contribution in [0.1, 0.15) is 71.8 Å². The Labute approximate surface area is 216 Å². The van der Waals surface area contributed by atoms with Crippen molar-refractivity contribution < 1.29 is 23.1 Å². The summed E-state index contributed by atoms with van der Waals surface area (Å²) in [5.74, 6) is -1.21. The predicted molar refractivity (Wildman–Crippen MR) is 141 cm³/mol. The second kappa shape index (κ2) is 8.43. The SMILES string of the molecule is CN(C)S(=O)(=O)NC(=O)c1ccc2c(C3CCCCC3)c3n(c2c1)C[C@@]1(C(=O)O)C[C@H]1c1ccccc1-3. The van der Waals surface area contributed by atoms with Gasteiger partial charge in [-0.05, 0) is 48.4 Å². The number of fused-ring (bicyclic) bond motifs is 7. The molecule has 0 bridgehead atoms. The molecule has 2 aliphatic carbocycles. The van der Waals surface area contributed by atoms with Gasteiger partial charge in [-0.1, -0.05) is 49.6 Å². The van der Waals surface area contributed by atoms with Gasteiger partial charge in [0.25, 0.3) is 5.91 Å². The minimum absolute atomic E-state index is 0.0490. The lowest BCUT2D eigenvalue weighted by Crippen LogP contribution is -2.39. The fraction of sp³-hybridized carbons (Fsp3) is 0.429. The molecule has 1 amide bonds. The van der Waals surface area contributed by atoms with E-state index in [2.05, 4.69) is 21.4 Å². The number of carbonyl (C=O) groups is 2. The molecule has 194 valence electrons. The molecule has 8 nitrogen and oxygen atoms in total. The second-order valence-corrected chi connectivity index (χ2v) is 12.8. The van der Waals surface area contributed by atoms with Gasteiger partial charge in [-0.2, -0.15) is 12.7 Å². The predicted octanol–water partition coefficient (Wildman–Crippen LogP) is 4.46. The molecule has 37 heavy (non-hydrogen) atoms. The lowest BCUT2D eigenvalue weighted by Gasteiger charge is -2.24. The van der Waals surface area contributed by atoms with E-state index in [1.54, 1.807) is 12.1 Å². The maximum atomic E-state index is 13.0. The van der Waals surface area contributed by atoms with Crippen LogP contribution in [0, 0.1) is 5.41 Å². The van der Waals surface area contributed by atoms with Crippen molar-refractivity contribution in [3.8, 4) is 11.3 Å². The van der Waals surface area contributed by atoms with Gasteiger partial charge in [0.2, 0.25) is 0 Å². The normalized spacial score (nSPS) is 23.2. The van der Waals surface area contributed by atoms with Crippen molar-refractivity contribution in [3.63, 3.8) is 0 Å². The number of carbonyl (C=O) groups excluding carboxylic acids is 1. The van der Waals surface area contributed by atoms with E-state index in [-0.39, 0.29) is 11.5 Å². The molecule has 0 spiro atoms. The molecule has 2 fully saturated rings. The van der Waals surface area contributed by atoms with Gasteiger partial charge in [-0.15, -0.1) is 0 Å². The van der Waals surface area contributed by atoms with E-state index >= 15 is 0 Å². The maximum absolute atomic E-state index is 13.0. The van der Waals surface area contributed by atoms with Gasteiger partial charge in [0.1, 0.15) is 0 Å². The molecule has 1 aliphatic heterocycles. The van der Waals surface area contributed by atoms with Gasteiger partial charge in [0.05, 0.1) is 11.1 Å². The largest absolute Gasteiger partial charge is 0.481 e. The number of hydrogen-bond acceptors (Lipinski definition) is 4. The first-order chi connectivity index (χ1) is 17.6. The number of carboxylic acid groups (broad SMARTS) is 1. The van der Waals surface area contributed by atoms with Gasteiger partial charge in [-0.3, -0.25) is 9.59 Å². The topological polar surface area (TPSA) is 109 Å². The zero-order chi connectivity index (χ0) is 26.1. The monoisotopic (exact) mass is 521 g/mol. The Morgan fingerprint density at radius 2 is 1.81 bits per heavy atom. The third kappa shape index (κ3) is 3.70. The first-order valence-electron chi connectivity index (χ1n) is 12.9. The fourth-order valence-corrected chi connectivity index (χ4v) is 7.07. The number of amides is 1. The Morgan fingerprint density at radius 1 is 1.08 bits per heavy atom. The summed E-state index contributed by atoms with van der Waals surface area (Å²) in [6.07, 6.45) is 6.26. The summed E-state index contributed by atoms with van der Waals surface area (Å²) in [4.78, 5) is 25.6. The highest BCUT2D eigenvalue weighted by molar-refractivity contribution is 7.87. The number of carboxylic acids is 1. The minimum atomic E-state index is -3.95. The summed E-state index contributed by atoms with van der Waals surface area (Å²) in [5.41, 5.74) is 4.57. The zero-order valence-electron chi connectivity index (χ0n) is 21.0. The average Bonchev–Trinajstić information content (AvgIpc) is 3.55. The molecule has 3 aliphatic rings. The second-order valence-electron chi connectivity index (χ2n) is 10.9. The number of benzene rings is 2. The van der Waals surface area contributed by atoms with Crippen LogP contribution in [0.4, 0.5) is 0 Å². The van der Waals surface area contributed by atoms with Crippen LogP contribution in [-0.4, -0.2) is 48.4 Å². The van der Waals surface area contributed by atoms with Crippen LogP contribution in [0.15, 0.2) is 42.5 Å². The van der Waals surface area contributed by atoms with E-state index in [1.807, 2.05) is 18.2 Å². The smallest absolute Gasteiger partial charge is 0.312 e. The highest BCUT2D eigenvalue weighted by atomic mass is 32.2. The van der Waals surface area contributed by atoms with E-state index in [9.17, 15) is 23.1 Å². The molecule has 2 heterocycles. The van der Waals surface area contributed by atoms with E-state index in [1.165, 1.54) is 26.1 Å². The number of nitrogens with one attached hydrogen (secondary N) is 1. The van der Waals surface area contributed by atoms with Crippen molar-refractivity contribution in [2.24, 2.45) is 5.41 Å². The summed E-state index contributed by atoms with van der Waals surface area (Å²) in [6, 6.07) is 13.5. The maximum Gasteiger partial charge on any atom is 0.312 e. The molecule has 2 N–H and O–H groups in total. The summed E-state index contributed by atoms with van der Waals surface area (Å²) < 4.78 is 29.8. The molecular formula is C28H31N3O5S. The third-order valence-corrected chi connectivity index (χ3v) is 10.0. The first kappa shape index (κ1) is 24.2. The molecule has 6 rings (SSSR count). The number of aromatic nitrogens is 1. The molecule has 1 aromatic heterocycles. The average molecular weight is 522 g/mol. The minimum Gasteiger partial charge on any atom is -0.481 e. The van der Waals surface area contributed by atoms with Crippen molar-refractivity contribution in [2.75, 3.05) is 14.1 Å². The number of hydrogen-bond donors (Lipinski definition) is 2. The van der Waals surface area contributed by atoms with Gasteiger partial charge < -0.3 is 9.67 Å². The molecule has 2 atom stereocenters. The molecule has 3 aromatic rings. The van der Waals surface area contributed by atoms with Crippen molar-refractivity contribution in [1.29, 1.82) is 0 Å². The molecule has 9 heteroatoms. The van der Waals surface area contributed by atoms with Crippen molar-refractivity contribution in [1.82, 2.24) is 13.6 Å². The fourth-order valence-electron chi connectivity index (χ4n) is 6.53. The Kier molecular flexibility index (Phi) is 5.51. The quantitative estimate of drug-likeness (QED) is 0.515. The van der Waals surface area contributed by atoms with E-state index in [0.717, 1.165) is 57.7 Å². The van der Waals surface area contributed by atoms with E-state index in [0.29, 0.717) is 18.9 Å². The van der Waals surface area contributed by atoms with Crippen LogP contribution in [0.3, 0.4) is 0 Å². The van der Waals surface area contributed by atoms with Crippen molar-refractivity contribution >= 4 is 33.0 Å². The van der Waals surface area contributed by atoms with Crippen LogP contribution in [0.25, 0.3) is 22.2 Å². The number of aliphatic carboxylic acids is 1. The third-order valence-electron chi connectivity index (χ3n) is 8.61. The molecule has 0 unspecified atom stereocenters. The summed E-state index contributed by atoms with van der Waals surface area (Å²) in [5, 5.41) is 11.3. The standard InChI is InChI=1S/C28H31N3O5S/c1-30(2)37(35,36)29-26(32)18-12-13-21-23(14-18)31-16-28(27(33)34)15-22(28)19-10-6-7-11-20(19)25(31)24(21)17-8-4-3-5-9-17/h6-7,10-14,17,22H,3-5,8-9,15-16H2,1-2H3,(H,29,32)(H,33,34)/t22-,28-/m0/s1. The highest BCUT2D eigenvalue weighted by Gasteiger charge is 2.63. The Hall–Kier alpha value is -3.17.